The third kappa shape index (κ3) is 2.39. The quantitative estimate of drug-likeness (QED) is 0.868. The van der Waals surface area contributed by atoms with Gasteiger partial charge in [-0.1, -0.05) is 32.1 Å². The van der Waals surface area contributed by atoms with Gasteiger partial charge in [-0.05, 0) is 38.0 Å². The van der Waals surface area contributed by atoms with Crippen molar-refractivity contribution in [2.24, 2.45) is 5.92 Å². The van der Waals surface area contributed by atoms with E-state index in [1.165, 1.54) is 64.2 Å². The fourth-order valence-electron chi connectivity index (χ4n) is 4.52. The van der Waals surface area contributed by atoms with E-state index in [-0.39, 0.29) is 0 Å². The van der Waals surface area contributed by atoms with Gasteiger partial charge in [-0.25, -0.2) is 4.98 Å². The van der Waals surface area contributed by atoms with Crippen LogP contribution < -0.4 is 5.32 Å². The molecule has 1 aromatic heterocycles. The Labute approximate surface area is 121 Å². The van der Waals surface area contributed by atoms with Crippen LogP contribution in [0.1, 0.15) is 87.8 Å². The second-order valence-electron chi connectivity index (χ2n) is 7.02. The number of aromatic nitrogens is 3. The van der Waals surface area contributed by atoms with Crippen molar-refractivity contribution < 1.29 is 0 Å². The van der Waals surface area contributed by atoms with E-state index < -0.39 is 0 Å². The highest BCUT2D eigenvalue weighted by Crippen LogP contribution is 2.38. The SMILES string of the molecule is C1CCC(c2n[nH]c(C3CC4CCCCC4N3)n2)CC1. The molecule has 3 fully saturated rings. The van der Waals surface area contributed by atoms with Crippen LogP contribution in [0.25, 0.3) is 0 Å². The summed E-state index contributed by atoms with van der Waals surface area (Å²) in [6.45, 7) is 0. The summed E-state index contributed by atoms with van der Waals surface area (Å²) in [7, 11) is 0. The topological polar surface area (TPSA) is 53.6 Å². The molecule has 110 valence electrons. The summed E-state index contributed by atoms with van der Waals surface area (Å²) < 4.78 is 0. The maximum Gasteiger partial charge on any atom is 0.153 e. The summed E-state index contributed by atoms with van der Waals surface area (Å²) >= 11 is 0. The monoisotopic (exact) mass is 274 g/mol. The van der Waals surface area contributed by atoms with Gasteiger partial charge in [-0.2, -0.15) is 5.10 Å². The van der Waals surface area contributed by atoms with Gasteiger partial charge in [0.25, 0.3) is 0 Å². The van der Waals surface area contributed by atoms with Gasteiger partial charge in [0.15, 0.2) is 5.82 Å². The van der Waals surface area contributed by atoms with Crippen LogP contribution in [0.15, 0.2) is 0 Å². The molecule has 1 aromatic rings. The first-order chi connectivity index (χ1) is 9.90. The lowest BCUT2D eigenvalue weighted by Gasteiger charge is -2.24. The van der Waals surface area contributed by atoms with Crippen molar-refractivity contribution in [3.8, 4) is 0 Å². The van der Waals surface area contributed by atoms with Gasteiger partial charge in [-0.15, -0.1) is 0 Å². The number of fused-ring (bicyclic) bond motifs is 1. The molecule has 2 aliphatic carbocycles. The van der Waals surface area contributed by atoms with Crippen molar-refractivity contribution >= 4 is 0 Å². The van der Waals surface area contributed by atoms with Crippen LogP contribution in [-0.2, 0) is 0 Å². The summed E-state index contributed by atoms with van der Waals surface area (Å²) in [5.41, 5.74) is 0. The summed E-state index contributed by atoms with van der Waals surface area (Å²) in [6, 6.07) is 1.16. The van der Waals surface area contributed by atoms with E-state index in [2.05, 4.69) is 15.5 Å². The van der Waals surface area contributed by atoms with Crippen LogP contribution in [0.5, 0.6) is 0 Å². The number of H-pyrrole nitrogens is 1. The summed E-state index contributed by atoms with van der Waals surface area (Å²) in [6.07, 6.45) is 13.5. The number of hydrogen-bond acceptors (Lipinski definition) is 3. The minimum atomic E-state index is 0.424. The maximum absolute atomic E-state index is 4.84. The van der Waals surface area contributed by atoms with Gasteiger partial charge in [0.05, 0.1) is 6.04 Å². The predicted molar refractivity (Wildman–Crippen MR) is 78.4 cm³/mol. The zero-order valence-electron chi connectivity index (χ0n) is 12.3. The number of nitrogens with one attached hydrogen (secondary N) is 2. The van der Waals surface area contributed by atoms with Crippen LogP contribution in [-0.4, -0.2) is 21.2 Å². The van der Waals surface area contributed by atoms with E-state index in [1.54, 1.807) is 0 Å². The van der Waals surface area contributed by atoms with E-state index >= 15 is 0 Å². The van der Waals surface area contributed by atoms with Crippen molar-refractivity contribution in [1.82, 2.24) is 20.5 Å². The predicted octanol–water partition coefficient (Wildman–Crippen LogP) is 3.45. The Bertz CT molecular complexity index is 435. The van der Waals surface area contributed by atoms with E-state index in [1.807, 2.05) is 0 Å². The Morgan fingerprint density at radius 1 is 0.900 bits per heavy atom. The fraction of sp³-hybridized carbons (Fsp3) is 0.875. The molecule has 4 nitrogen and oxygen atoms in total. The van der Waals surface area contributed by atoms with Crippen LogP contribution in [0, 0.1) is 5.92 Å². The number of nitrogens with zero attached hydrogens (tertiary/aromatic N) is 2. The first-order valence-electron chi connectivity index (χ1n) is 8.58. The Hall–Kier alpha value is -0.900. The standard InChI is InChI=1S/C16H26N4/c1-2-6-11(7-3-1)15-18-16(20-19-15)14-10-12-8-4-5-9-13(12)17-14/h11-14,17H,1-10H2,(H,18,19,20). The molecular weight excluding hydrogens is 248 g/mol. The van der Waals surface area contributed by atoms with Crippen LogP contribution in [0.2, 0.25) is 0 Å². The second kappa shape index (κ2) is 5.47. The third-order valence-electron chi connectivity index (χ3n) is 5.68. The number of rotatable bonds is 2. The zero-order valence-corrected chi connectivity index (χ0v) is 12.3. The van der Waals surface area contributed by atoms with Crippen LogP contribution in [0.3, 0.4) is 0 Å². The average Bonchev–Trinajstić information content (AvgIpc) is 3.14. The van der Waals surface area contributed by atoms with Gasteiger partial charge in [0.2, 0.25) is 0 Å². The molecule has 2 saturated carbocycles. The lowest BCUT2D eigenvalue weighted by atomic mass is 9.85. The number of hydrogen-bond donors (Lipinski definition) is 2. The van der Waals surface area contributed by atoms with E-state index in [0.717, 1.165) is 23.6 Å². The molecule has 2 heterocycles. The van der Waals surface area contributed by atoms with Crippen LogP contribution >= 0.6 is 0 Å². The molecule has 20 heavy (non-hydrogen) atoms. The molecular formula is C16H26N4. The molecule has 0 radical (unpaired) electrons. The molecule has 1 saturated heterocycles. The molecule has 0 spiro atoms. The Kier molecular flexibility index (Phi) is 3.51. The molecule has 2 N–H and O–H groups in total. The van der Waals surface area contributed by atoms with E-state index in [0.29, 0.717) is 12.0 Å². The number of aromatic amines is 1. The Morgan fingerprint density at radius 2 is 1.70 bits per heavy atom. The zero-order chi connectivity index (χ0) is 13.4. The van der Waals surface area contributed by atoms with Gasteiger partial charge in [0, 0.05) is 12.0 Å². The highest BCUT2D eigenvalue weighted by molar-refractivity contribution is 5.06. The second-order valence-corrected chi connectivity index (χ2v) is 7.02. The Morgan fingerprint density at radius 3 is 2.55 bits per heavy atom. The molecule has 4 rings (SSSR count). The van der Waals surface area contributed by atoms with Crippen molar-refractivity contribution in [3.05, 3.63) is 11.6 Å². The lowest BCUT2D eigenvalue weighted by Crippen LogP contribution is -2.30. The van der Waals surface area contributed by atoms with Gasteiger partial charge in [0.1, 0.15) is 5.82 Å². The highest BCUT2D eigenvalue weighted by atomic mass is 15.2. The van der Waals surface area contributed by atoms with Crippen LogP contribution in [0.4, 0.5) is 0 Å². The maximum atomic E-state index is 4.84. The first-order valence-corrected chi connectivity index (χ1v) is 8.58. The minimum Gasteiger partial charge on any atom is -0.304 e. The molecule has 0 bridgehead atoms. The third-order valence-corrected chi connectivity index (χ3v) is 5.68. The average molecular weight is 274 g/mol. The van der Waals surface area contributed by atoms with Crippen molar-refractivity contribution in [2.75, 3.05) is 0 Å². The van der Waals surface area contributed by atoms with E-state index in [4.69, 9.17) is 4.98 Å². The van der Waals surface area contributed by atoms with Crippen molar-refractivity contribution in [1.29, 1.82) is 0 Å². The Balaban J connectivity index is 1.45. The van der Waals surface area contributed by atoms with E-state index in [9.17, 15) is 0 Å². The summed E-state index contributed by atoms with van der Waals surface area (Å²) in [5.74, 6) is 3.66. The summed E-state index contributed by atoms with van der Waals surface area (Å²) in [5, 5.41) is 11.5. The van der Waals surface area contributed by atoms with Gasteiger partial charge in [-0.3, -0.25) is 5.10 Å². The van der Waals surface area contributed by atoms with Crippen molar-refractivity contribution in [3.63, 3.8) is 0 Å². The minimum absolute atomic E-state index is 0.424. The largest absolute Gasteiger partial charge is 0.304 e. The summed E-state index contributed by atoms with van der Waals surface area (Å²) in [4.78, 5) is 4.84. The molecule has 1 aliphatic heterocycles. The molecule has 3 atom stereocenters. The lowest BCUT2D eigenvalue weighted by molar-refractivity contribution is 0.325. The molecule has 0 aromatic carbocycles. The normalized spacial score (nSPS) is 35.1. The van der Waals surface area contributed by atoms with Gasteiger partial charge >= 0.3 is 0 Å². The fourth-order valence-corrected chi connectivity index (χ4v) is 4.52. The molecule has 4 heteroatoms. The first kappa shape index (κ1) is 12.8. The molecule has 0 amide bonds. The smallest absolute Gasteiger partial charge is 0.153 e. The van der Waals surface area contributed by atoms with Gasteiger partial charge < -0.3 is 5.32 Å². The van der Waals surface area contributed by atoms with Crippen molar-refractivity contribution in [2.45, 2.75) is 82.2 Å². The highest BCUT2D eigenvalue weighted by Gasteiger charge is 2.37. The molecule has 3 aliphatic rings. The molecule has 3 unspecified atom stereocenters.